The number of ether oxygens (including phenoxy) is 1. The number of imidazole rings is 1. The van der Waals surface area contributed by atoms with E-state index in [1.54, 1.807) is 17.8 Å². The maximum Gasteiger partial charge on any atom is 0.315 e. The summed E-state index contributed by atoms with van der Waals surface area (Å²) < 4.78 is 6.93. The van der Waals surface area contributed by atoms with Crippen molar-refractivity contribution in [3.05, 3.63) is 11.6 Å². The third kappa shape index (κ3) is 2.89. The monoisotopic (exact) mass is 447 g/mol. The standard InChI is InChI=1S/C21H26ClN5O4/c1-2-31-19(30)21-7-11(21)14(15(28)16(21)29)27-8-23-13-17(25-20(22)26-18(13)27)24-12(9-3-4-9)10-5-6-10/h8-12,14-16,28-29H,2-7H2,1H3,(H,24,25,26)/t11-,14-,15+,16+,21-/m1/s1. The lowest BCUT2D eigenvalue weighted by Gasteiger charge is -2.23. The zero-order chi connectivity index (χ0) is 21.5. The first-order valence-corrected chi connectivity index (χ1v) is 11.5. The molecule has 0 aliphatic heterocycles. The lowest BCUT2D eigenvalue weighted by atomic mass is 9.99. The van der Waals surface area contributed by atoms with Crippen LogP contribution in [0.25, 0.3) is 11.2 Å². The lowest BCUT2D eigenvalue weighted by Crippen LogP contribution is -2.38. The van der Waals surface area contributed by atoms with Crippen molar-refractivity contribution >= 4 is 34.6 Å². The molecule has 4 aliphatic rings. The molecule has 2 heterocycles. The molecule has 0 bridgehead atoms. The highest BCUT2D eigenvalue weighted by Crippen LogP contribution is 2.68. The van der Waals surface area contributed by atoms with Gasteiger partial charge in [0.2, 0.25) is 5.28 Å². The smallest absolute Gasteiger partial charge is 0.315 e. The first-order valence-electron chi connectivity index (χ1n) is 11.2. The molecule has 5 atom stereocenters. The fraction of sp³-hybridized carbons (Fsp3) is 0.714. The Morgan fingerprint density at radius 1 is 1.32 bits per heavy atom. The second-order valence-corrected chi connectivity index (χ2v) is 9.85. The van der Waals surface area contributed by atoms with E-state index in [1.165, 1.54) is 25.7 Å². The van der Waals surface area contributed by atoms with Crippen LogP contribution in [0.5, 0.6) is 0 Å². The van der Waals surface area contributed by atoms with E-state index >= 15 is 0 Å². The summed E-state index contributed by atoms with van der Waals surface area (Å²) in [6.45, 7) is 1.96. The number of aromatic nitrogens is 4. The molecular formula is C21H26ClN5O4. The minimum absolute atomic E-state index is 0.0996. The molecule has 10 heteroatoms. The SMILES string of the molecule is CCOC(=O)[C@]12C[C@@H]1[C@@H](n1cnc3c(NC(C4CC4)C4CC4)nc(Cl)nc31)[C@H](O)[C@@H]2O. The Labute approximate surface area is 184 Å². The second kappa shape index (κ2) is 6.76. The summed E-state index contributed by atoms with van der Waals surface area (Å²) in [5.41, 5.74) is 0.0276. The van der Waals surface area contributed by atoms with E-state index in [1.807, 2.05) is 0 Å². The van der Waals surface area contributed by atoms with Gasteiger partial charge in [-0.15, -0.1) is 0 Å². The van der Waals surface area contributed by atoms with Crippen LogP contribution in [-0.2, 0) is 9.53 Å². The highest BCUT2D eigenvalue weighted by Gasteiger charge is 2.76. The number of halogens is 1. The van der Waals surface area contributed by atoms with E-state index in [4.69, 9.17) is 16.3 Å². The van der Waals surface area contributed by atoms with Crippen LogP contribution in [0.15, 0.2) is 6.33 Å². The first kappa shape index (κ1) is 19.7. The number of nitrogens with one attached hydrogen (secondary N) is 1. The first-order chi connectivity index (χ1) is 15.0. The van der Waals surface area contributed by atoms with Gasteiger partial charge in [-0.2, -0.15) is 9.97 Å². The third-order valence-electron chi connectivity index (χ3n) is 7.61. The molecule has 4 saturated carbocycles. The lowest BCUT2D eigenvalue weighted by molar-refractivity contribution is -0.156. The van der Waals surface area contributed by atoms with E-state index < -0.39 is 29.6 Å². The van der Waals surface area contributed by atoms with Gasteiger partial charge in [0.25, 0.3) is 0 Å². The van der Waals surface area contributed by atoms with Crippen LogP contribution in [0.4, 0.5) is 5.82 Å². The molecule has 9 nitrogen and oxygen atoms in total. The van der Waals surface area contributed by atoms with Gasteiger partial charge in [-0.25, -0.2) is 4.98 Å². The van der Waals surface area contributed by atoms with Crippen molar-refractivity contribution in [2.24, 2.45) is 23.2 Å². The molecule has 4 fully saturated rings. The number of aliphatic hydroxyl groups excluding tert-OH is 2. The van der Waals surface area contributed by atoms with Gasteiger partial charge in [0.1, 0.15) is 11.5 Å². The second-order valence-electron chi connectivity index (χ2n) is 9.51. The zero-order valence-electron chi connectivity index (χ0n) is 17.2. The van der Waals surface area contributed by atoms with E-state index in [-0.39, 0.29) is 17.8 Å². The number of esters is 1. The van der Waals surface area contributed by atoms with Crippen LogP contribution in [0.2, 0.25) is 5.28 Å². The quantitative estimate of drug-likeness (QED) is 0.434. The molecule has 0 saturated heterocycles. The predicted molar refractivity (Wildman–Crippen MR) is 111 cm³/mol. The van der Waals surface area contributed by atoms with Gasteiger partial charge in [0.15, 0.2) is 17.0 Å². The topological polar surface area (TPSA) is 122 Å². The Balaban J connectivity index is 1.36. The Morgan fingerprint density at radius 3 is 2.68 bits per heavy atom. The van der Waals surface area contributed by atoms with E-state index in [2.05, 4.69) is 20.3 Å². The summed E-state index contributed by atoms with van der Waals surface area (Å²) >= 11 is 6.27. The molecule has 3 N–H and O–H groups in total. The molecule has 0 radical (unpaired) electrons. The van der Waals surface area contributed by atoms with Gasteiger partial charge in [-0.05, 0) is 62.5 Å². The number of carbonyl (C=O) groups is 1. The van der Waals surface area contributed by atoms with Gasteiger partial charge in [0.05, 0.1) is 25.1 Å². The van der Waals surface area contributed by atoms with Crippen LogP contribution in [0.3, 0.4) is 0 Å². The van der Waals surface area contributed by atoms with Crippen molar-refractivity contribution < 1.29 is 19.7 Å². The van der Waals surface area contributed by atoms with E-state index in [9.17, 15) is 15.0 Å². The summed E-state index contributed by atoms with van der Waals surface area (Å²) in [5.74, 6) is 1.25. The van der Waals surface area contributed by atoms with Gasteiger partial charge < -0.3 is 24.8 Å². The number of anilines is 1. The van der Waals surface area contributed by atoms with Crippen molar-refractivity contribution in [3.8, 4) is 0 Å². The third-order valence-corrected chi connectivity index (χ3v) is 7.78. The molecule has 2 aromatic heterocycles. The summed E-state index contributed by atoms with van der Waals surface area (Å²) in [5, 5.41) is 25.2. The number of aliphatic hydroxyl groups is 2. The average Bonchev–Trinajstić information content (AvgIpc) is 3.63. The molecular weight excluding hydrogens is 422 g/mol. The van der Waals surface area contributed by atoms with Crippen molar-refractivity contribution in [2.45, 2.75) is 63.3 Å². The Bertz CT molecular complexity index is 1040. The summed E-state index contributed by atoms with van der Waals surface area (Å²) in [6, 6.07) is -0.163. The van der Waals surface area contributed by atoms with Gasteiger partial charge in [-0.3, -0.25) is 4.79 Å². The van der Waals surface area contributed by atoms with E-state index in [0.717, 1.165) is 0 Å². The summed E-state index contributed by atoms with van der Waals surface area (Å²) in [6.07, 6.45) is 4.67. The molecule has 6 rings (SSSR count). The van der Waals surface area contributed by atoms with Crippen LogP contribution < -0.4 is 5.32 Å². The van der Waals surface area contributed by atoms with Gasteiger partial charge in [0, 0.05) is 12.0 Å². The molecule has 0 unspecified atom stereocenters. The number of carbonyl (C=O) groups excluding carboxylic acids is 1. The fourth-order valence-electron chi connectivity index (χ4n) is 5.68. The zero-order valence-corrected chi connectivity index (χ0v) is 18.0. The summed E-state index contributed by atoms with van der Waals surface area (Å²) in [7, 11) is 0. The van der Waals surface area contributed by atoms with Crippen molar-refractivity contribution in [1.82, 2.24) is 19.5 Å². The van der Waals surface area contributed by atoms with Gasteiger partial charge >= 0.3 is 5.97 Å². The van der Waals surface area contributed by atoms with Crippen molar-refractivity contribution in [3.63, 3.8) is 0 Å². The predicted octanol–water partition coefficient (Wildman–Crippen LogP) is 1.93. The highest BCUT2D eigenvalue weighted by atomic mass is 35.5. The number of fused-ring (bicyclic) bond motifs is 2. The normalized spacial score (nSPS) is 34.2. The fourth-order valence-corrected chi connectivity index (χ4v) is 5.84. The molecule has 0 spiro atoms. The Morgan fingerprint density at radius 2 is 2.03 bits per heavy atom. The average molecular weight is 448 g/mol. The van der Waals surface area contributed by atoms with Crippen LogP contribution in [-0.4, -0.2) is 60.6 Å². The number of rotatable bonds is 7. The van der Waals surface area contributed by atoms with Crippen LogP contribution >= 0.6 is 11.6 Å². The number of nitrogens with zero attached hydrogens (tertiary/aromatic N) is 4. The maximum absolute atomic E-state index is 12.5. The van der Waals surface area contributed by atoms with E-state index in [0.29, 0.717) is 41.3 Å². The van der Waals surface area contributed by atoms with Crippen molar-refractivity contribution in [1.29, 1.82) is 0 Å². The summed E-state index contributed by atoms with van der Waals surface area (Å²) in [4.78, 5) is 25.9. The molecule has 0 amide bonds. The molecule has 0 aromatic carbocycles. The van der Waals surface area contributed by atoms with Crippen molar-refractivity contribution in [2.75, 3.05) is 11.9 Å². The molecule has 4 aliphatic carbocycles. The van der Waals surface area contributed by atoms with Gasteiger partial charge in [-0.1, -0.05) is 0 Å². The molecule has 2 aromatic rings. The largest absolute Gasteiger partial charge is 0.465 e. The minimum atomic E-state index is -1.19. The van der Waals surface area contributed by atoms with Crippen LogP contribution in [0, 0.1) is 23.2 Å². The molecule has 166 valence electrons. The molecule has 31 heavy (non-hydrogen) atoms. The maximum atomic E-state index is 12.5. The highest BCUT2D eigenvalue weighted by molar-refractivity contribution is 6.28. The number of hydrogen-bond acceptors (Lipinski definition) is 8. The minimum Gasteiger partial charge on any atom is -0.465 e. The number of hydrogen-bond donors (Lipinski definition) is 3. The van der Waals surface area contributed by atoms with Crippen LogP contribution in [0.1, 0.15) is 45.1 Å². The Hall–Kier alpha value is -1.97. The Kier molecular flexibility index (Phi) is 4.30.